The fraction of sp³-hybridized carbons (Fsp3) is 0.417. The second-order valence-electron chi connectivity index (χ2n) is 4.59. The second kappa shape index (κ2) is 6.47. The standard InChI is InChI=1S/C12H14N4O4/c1-7(2)5-9(12(17)18)15-11-10(16(19)20)8(6-13)3-4-14-11/h3-4,7,9H,5H2,1-2H3,(H,14,15)(H,17,18). The average Bonchev–Trinajstić information content (AvgIpc) is 2.36. The summed E-state index contributed by atoms with van der Waals surface area (Å²) in [5.41, 5.74) is -0.675. The molecule has 2 N–H and O–H groups in total. The molecule has 0 amide bonds. The number of carboxylic acid groups (broad SMARTS) is 1. The summed E-state index contributed by atoms with van der Waals surface area (Å²) in [4.78, 5) is 25.2. The zero-order valence-electron chi connectivity index (χ0n) is 11.0. The molecule has 0 saturated heterocycles. The Morgan fingerprint density at radius 1 is 1.65 bits per heavy atom. The number of nitrogens with one attached hydrogen (secondary N) is 1. The van der Waals surface area contributed by atoms with Crippen LogP contribution < -0.4 is 5.32 Å². The van der Waals surface area contributed by atoms with Crippen LogP contribution in [0.2, 0.25) is 0 Å². The Bertz CT molecular complexity index is 565. The Hall–Kier alpha value is -2.69. The lowest BCUT2D eigenvalue weighted by molar-refractivity contribution is -0.384. The van der Waals surface area contributed by atoms with Crippen LogP contribution in [0.15, 0.2) is 12.3 Å². The van der Waals surface area contributed by atoms with E-state index in [1.807, 2.05) is 13.8 Å². The minimum absolute atomic E-state index is 0.0850. The van der Waals surface area contributed by atoms with Crippen molar-refractivity contribution < 1.29 is 14.8 Å². The van der Waals surface area contributed by atoms with Crippen LogP contribution in [0.1, 0.15) is 25.8 Å². The van der Waals surface area contributed by atoms with E-state index in [1.54, 1.807) is 6.07 Å². The molecule has 0 bridgehead atoms. The SMILES string of the molecule is CC(C)CC(Nc1nccc(C#N)c1[N+](=O)[O-])C(=O)O. The third-order valence-corrected chi connectivity index (χ3v) is 2.54. The molecule has 1 atom stereocenters. The Morgan fingerprint density at radius 2 is 2.30 bits per heavy atom. The van der Waals surface area contributed by atoms with E-state index in [0.29, 0.717) is 0 Å². The number of hydrogen-bond acceptors (Lipinski definition) is 6. The van der Waals surface area contributed by atoms with Crippen molar-refractivity contribution >= 4 is 17.5 Å². The molecule has 0 aromatic carbocycles. The lowest BCUT2D eigenvalue weighted by Crippen LogP contribution is -2.31. The number of nitriles is 1. The van der Waals surface area contributed by atoms with Crippen LogP contribution in [0.5, 0.6) is 0 Å². The van der Waals surface area contributed by atoms with Gasteiger partial charge in [0.05, 0.1) is 4.92 Å². The average molecular weight is 278 g/mol. The van der Waals surface area contributed by atoms with Gasteiger partial charge in [0.25, 0.3) is 0 Å². The molecule has 1 heterocycles. The van der Waals surface area contributed by atoms with Gasteiger partial charge >= 0.3 is 11.7 Å². The molecule has 0 aliphatic heterocycles. The van der Waals surface area contributed by atoms with E-state index in [1.165, 1.54) is 12.3 Å². The molecule has 0 radical (unpaired) electrons. The number of nitrogens with zero attached hydrogens (tertiary/aromatic N) is 3. The van der Waals surface area contributed by atoms with E-state index < -0.39 is 22.6 Å². The first-order valence-corrected chi connectivity index (χ1v) is 5.89. The lowest BCUT2D eigenvalue weighted by Gasteiger charge is -2.16. The van der Waals surface area contributed by atoms with Gasteiger partial charge in [-0.15, -0.1) is 0 Å². The summed E-state index contributed by atoms with van der Waals surface area (Å²) in [6.45, 7) is 3.68. The Labute approximate surface area is 115 Å². The van der Waals surface area contributed by atoms with Crippen molar-refractivity contribution in [2.24, 2.45) is 5.92 Å². The number of rotatable bonds is 6. The Balaban J connectivity index is 3.16. The molecule has 0 spiro atoms. The molecule has 1 aromatic rings. The number of pyridine rings is 1. The van der Waals surface area contributed by atoms with Gasteiger partial charge in [-0.1, -0.05) is 13.8 Å². The third-order valence-electron chi connectivity index (χ3n) is 2.54. The quantitative estimate of drug-likeness (QED) is 0.599. The smallest absolute Gasteiger partial charge is 0.328 e. The van der Waals surface area contributed by atoms with Gasteiger partial charge in [0.15, 0.2) is 0 Å². The predicted octanol–water partition coefficient (Wildman–Crippen LogP) is 1.77. The summed E-state index contributed by atoms with van der Waals surface area (Å²) in [6.07, 6.45) is 1.51. The number of anilines is 1. The van der Waals surface area contributed by atoms with E-state index in [9.17, 15) is 14.9 Å². The number of aliphatic carboxylic acids is 1. The molecule has 0 saturated carbocycles. The number of aromatic nitrogens is 1. The van der Waals surface area contributed by atoms with Gasteiger partial charge < -0.3 is 10.4 Å². The Kier molecular flexibility index (Phi) is 4.97. The third kappa shape index (κ3) is 3.65. The first kappa shape index (κ1) is 15.4. The maximum Gasteiger partial charge on any atom is 0.328 e. The zero-order valence-corrected chi connectivity index (χ0v) is 11.0. The minimum Gasteiger partial charge on any atom is -0.480 e. The van der Waals surface area contributed by atoms with E-state index in [2.05, 4.69) is 10.3 Å². The van der Waals surface area contributed by atoms with Crippen molar-refractivity contribution in [1.29, 1.82) is 5.26 Å². The van der Waals surface area contributed by atoms with E-state index in [-0.39, 0.29) is 23.7 Å². The highest BCUT2D eigenvalue weighted by Crippen LogP contribution is 2.27. The number of hydrogen-bond donors (Lipinski definition) is 2. The van der Waals surface area contributed by atoms with Crippen LogP contribution in [0, 0.1) is 27.4 Å². The molecule has 20 heavy (non-hydrogen) atoms. The predicted molar refractivity (Wildman–Crippen MR) is 70.1 cm³/mol. The molecule has 0 fully saturated rings. The maximum absolute atomic E-state index is 11.1. The second-order valence-corrected chi connectivity index (χ2v) is 4.59. The number of carboxylic acids is 1. The van der Waals surface area contributed by atoms with Crippen molar-refractivity contribution in [3.63, 3.8) is 0 Å². The summed E-state index contributed by atoms with van der Waals surface area (Å²) < 4.78 is 0. The van der Waals surface area contributed by atoms with Gasteiger partial charge in [-0.2, -0.15) is 5.26 Å². The molecule has 1 unspecified atom stereocenters. The minimum atomic E-state index is -1.13. The van der Waals surface area contributed by atoms with Gasteiger partial charge in [-0.05, 0) is 18.4 Å². The van der Waals surface area contributed by atoms with Gasteiger partial charge in [-0.3, -0.25) is 10.1 Å². The van der Waals surface area contributed by atoms with Crippen LogP contribution in [0.4, 0.5) is 11.5 Å². The van der Waals surface area contributed by atoms with Crippen LogP contribution in [0.3, 0.4) is 0 Å². The molecular formula is C12H14N4O4. The van der Waals surface area contributed by atoms with Crippen molar-refractivity contribution in [2.45, 2.75) is 26.3 Å². The van der Waals surface area contributed by atoms with E-state index >= 15 is 0 Å². The monoisotopic (exact) mass is 278 g/mol. The van der Waals surface area contributed by atoms with Crippen molar-refractivity contribution in [2.75, 3.05) is 5.32 Å². The normalized spacial score (nSPS) is 11.7. The highest BCUT2D eigenvalue weighted by molar-refractivity contribution is 5.78. The number of nitro groups is 1. The molecule has 8 nitrogen and oxygen atoms in total. The molecule has 0 aliphatic rings. The Morgan fingerprint density at radius 3 is 2.75 bits per heavy atom. The first-order chi connectivity index (χ1) is 9.36. The molecule has 8 heteroatoms. The molecule has 1 rings (SSSR count). The molecular weight excluding hydrogens is 264 g/mol. The molecule has 106 valence electrons. The highest BCUT2D eigenvalue weighted by atomic mass is 16.6. The maximum atomic E-state index is 11.1. The fourth-order valence-electron chi connectivity index (χ4n) is 1.69. The van der Waals surface area contributed by atoms with Gasteiger partial charge in [0, 0.05) is 6.20 Å². The summed E-state index contributed by atoms with van der Waals surface area (Å²) in [6, 6.07) is 1.90. The van der Waals surface area contributed by atoms with Crippen molar-refractivity contribution in [3.05, 3.63) is 27.9 Å². The largest absolute Gasteiger partial charge is 0.480 e. The highest BCUT2D eigenvalue weighted by Gasteiger charge is 2.26. The van der Waals surface area contributed by atoms with Gasteiger partial charge in [-0.25, -0.2) is 9.78 Å². The summed E-state index contributed by atoms with van der Waals surface area (Å²) in [5, 5.41) is 31.5. The van der Waals surface area contributed by atoms with Crippen LogP contribution in [-0.2, 0) is 4.79 Å². The van der Waals surface area contributed by atoms with Crippen molar-refractivity contribution in [3.8, 4) is 6.07 Å². The number of carbonyl (C=O) groups is 1. The summed E-state index contributed by atoms with van der Waals surface area (Å²) >= 11 is 0. The molecule has 0 aliphatic carbocycles. The fourth-order valence-corrected chi connectivity index (χ4v) is 1.69. The van der Waals surface area contributed by atoms with Gasteiger partial charge in [0.2, 0.25) is 5.82 Å². The summed E-state index contributed by atoms with van der Waals surface area (Å²) in [5.74, 6) is -1.25. The van der Waals surface area contributed by atoms with Crippen LogP contribution in [0.25, 0.3) is 0 Å². The topological polar surface area (TPSA) is 129 Å². The van der Waals surface area contributed by atoms with E-state index in [0.717, 1.165) is 0 Å². The first-order valence-electron chi connectivity index (χ1n) is 5.89. The van der Waals surface area contributed by atoms with Gasteiger partial charge in [0.1, 0.15) is 17.7 Å². The molecule has 1 aromatic heterocycles. The van der Waals surface area contributed by atoms with E-state index in [4.69, 9.17) is 10.4 Å². The summed E-state index contributed by atoms with van der Waals surface area (Å²) in [7, 11) is 0. The zero-order chi connectivity index (χ0) is 15.3. The van der Waals surface area contributed by atoms with Crippen LogP contribution >= 0.6 is 0 Å². The lowest BCUT2D eigenvalue weighted by atomic mass is 10.0. The van der Waals surface area contributed by atoms with Crippen molar-refractivity contribution in [1.82, 2.24) is 4.98 Å². The van der Waals surface area contributed by atoms with Crippen LogP contribution in [-0.4, -0.2) is 27.0 Å².